The number of rotatable bonds is 3. The van der Waals surface area contributed by atoms with E-state index in [4.69, 9.17) is 9.84 Å². The summed E-state index contributed by atoms with van der Waals surface area (Å²) in [5.74, 6) is -0.425. The minimum absolute atomic E-state index is 0.109. The second-order valence-corrected chi connectivity index (χ2v) is 7.48. The first kappa shape index (κ1) is 19.4. The number of carbonyl (C=O) groups is 2. The van der Waals surface area contributed by atoms with Gasteiger partial charge in [0.2, 0.25) is 0 Å². The minimum Gasteiger partial charge on any atom is -0.465 e. The summed E-state index contributed by atoms with van der Waals surface area (Å²) >= 11 is 0. The van der Waals surface area contributed by atoms with Crippen molar-refractivity contribution >= 4 is 12.0 Å². The van der Waals surface area contributed by atoms with Crippen LogP contribution in [0.3, 0.4) is 0 Å². The molecule has 0 unspecified atom stereocenters. The minimum atomic E-state index is -1.09. The third kappa shape index (κ3) is 4.10. The summed E-state index contributed by atoms with van der Waals surface area (Å²) in [5.41, 5.74) is 3.08. The van der Waals surface area contributed by atoms with E-state index < -0.39 is 12.2 Å². The highest BCUT2D eigenvalue weighted by molar-refractivity contribution is 5.82. The van der Waals surface area contributed by atoms with Gasteiger partial charge in [-0.1, -0.05) is 36.4 Å². The molecule has 1 fully saturated rings. The van der Waals surface area contributed by atoms with Crippen LogP contribution in [0.5, 0.6) is 0 Å². The Morgan fingerprint density at radius 1 is 1.10 bits per heavy atom. The van der Waals surface area contributed by atoms with E-state index in [-0.39, 0.29) is 30.4 Å². The number of amides is 2. The van der Waals surface area contributed by atoms with Crippen molar-refractivity contribution in [2.75, 3.05) is 13.2 Å². The number of hydrogen-bond acceptors (Lipinski definition) is 3. The fourth-order valence-electron chi connectivity index (χ4n) is 4.23. The molecule has 0 spiro atoms. The van der Waals surface area contributed by atoms with Gasteiger partial charge in [0.05, 0.1) is 18.7 Å². The number of ether oxygens (including phenoxy) is 1. The normalized spacial score (nSPS) is 23.9. The fourth-order valence-corrected chi connectivity index (χ4v) is 4.23. The van der Waals surface area contributed by atoms with Crippen LogP contribution in [0.15, 0.2) is 48.5 Å². The van der Waals surface area contributed by atoms with E-state index in [0.717, 1.165) is 17.5 Å². The van der Waals surface area contributed by atoms with Crippen molar-refractivity contribution in [1.82, 2.24) is 10.2 Å². The van der Waals surface area contributed by atoms with Gasteiger partial charge in [0, 0.05) is 6.54 Å². The Balaban J connectivity index is 1.58. The van der Waals surface area contributed by atoms with Crippen LogP contribution >= 0.6 is 0 Å². The lowest BCUT2D eigenvalue weighted by molar-refractivity contribution is -0.149. The lowest BCUT2D eigenvalue weighted by Crippen LogP contribution is -2.50. The first-order chi connectivity index (χ1) is 14.0. The Morgan fingerprint density at radius 2 is 1.86 bits per heavy atom. The molecule has 0 aliphatic carbocycles. The maximum atomic E-state index is 13.5. The summed E-state index contributed by atoms with van der Waals surface area (Å²) in [5, 5.41) is 11.3. The highest BCUT2D eigenvalue weighted by Crippen LogP contribution is 2.36. The van der Waals surface area contributed by atoms with Crippen molar-refractivity contribution in [3.63, 3.8) is 0 Å². The molecule has 152 valence electrons. The summed E-state index contributed by atoms with van der Waals surface area (Å²) in [6.45, 7) is 0.725. The topological polar surface area (TPSA) is 78.9 Å². The molecule has 4 rings (SSSR count). The Labute approximate surface area is 168 Å². The van der Waals surface area contributed by atoms with Gasteiger partial charge >= 0.3 is 6.09 Å². The van der Waals surface area contributed by atoms with Crippen LogP contribution in [-0.2, 0) is 16.0 Å². The lowest BCUT2D eigenvalue weighted by atomic mass is 9.87. The van der Waals surface area contributed by atoms with Gasteiger partial charge < -0.3 is 20.1 Å². The van der Waals surface area contributed by atoms with Crippen molar-refractivity contribution < 1.29 is 23.8 Å². The smallest absolute Gasteiger partial charge is 0.404 e. The van der Waals surface area contributed by atoms with Gasteiger partial charge in [0.15, 0.2) is 0 Å². The quantitative estimate of drug-likeness (QED) is 0.833. The van der Waals surface area contributed by atoms with Gasteiger partial charge in [-0.25, -0.2) is 9.18 Å². The van der Waals surface area contributed by atoms with Crippen LogP contribution in [-0.4, -0.2) is 47.3 Å². The third-order valence-corrected chi connectivity index (χ3v) is 5.63. The molecule has 2 amide bonds. The maximum Gasteiger partial charge on any atom is 0.404 e. The number of nitrogens with one attached hydrogen (secondary N) is 1. The molecule has 2 aliphatic rings. The van der Waals surface area contributed by atoms with Crippen molar-refractivity contribution in [2.24, 2.45) is 0 Å². The number of carbonyl (C=O) groups excluding carboxylic acids is 1. The standard InChI is InChI=1S/C22H23FN2O4/c23-16-7-5-15(6-8-16)20-18-4-2-1-3-14(18)11-12-25(20)21(26)19-10-9-17(13-29-19)24-22(27)28/h1-8,17,19-20,24H,9-13H2,(H,27,28)/t17-,19+,20+/m1/s1. The molecule has 0 radical (unpaired) electrons. The van der Waals surface area contributed by atoms with Gasteiger partial charge in [0.25, 0.3) is 5.91 Å². The van der Waals surface area contributed by atoms with Gasteiger partial charge in [0.1, 0.15) is 11.9 Å². The van der Waals surface area contributed by atoms with Crippen molar-refractivity contribution in [3.8, 4) is 0 Å². The molecule has 2 N–H and O–H groups in total. The number of benzene rings is 2. The lowest BCUT2D eigenvalue weighted by Gasteiger charge is -2.40. The van der Waals surface area contributed by atoms with E-state index >= 15 is 0 Å². The SMILES string of the molecule is O=C(O)N[C@@H]1CC[C@@H](C(=O)N2CCc3ccccc3[C@@H]2c2ccc(F)cc2)OC1. The molecule has 0 saturated carbocycles. The predicted molar refractivity (Wildman–Crippen MR) is 104 cm³/mol. The largest absolute Gasteiger partial charge is 0.465 e. The van der Waals surface area contributed by atoms with E-state index in [1.54, 1.807) is 12.1 Å². The Morgan fingerprint density at radius 3 is 2.55 bits per heavy atom. The molecule has 3 atom stereocenters. The number of hydrogen-bond donors (Lipinski definition) is 2. The Kier molecular flexibility index (Phi) is 5.49. The zero-order valence-corrected chi connectivity index (χ0v) is 15.9. The molecule has 2 aliphatic heterocycles. The number of carboxylic acid groups (broad SMARTS) is 1. The molecule has 2 aromatic carbocycles. The molecule has 2 aromatic rings. The van der Waals surface area contributed by atoms with Crippen LogP contribution in [0.4, 0.5) is 9.18 Å². The second-order valence-electron chi connectivity index (χ2n) is 7.48. The van der Waals surface area contributed by atoms with E-state index in [0.29, 0.717) is 19.4 Å². The average molecular weight is 398 g/mol. The van der Waals surface area contributed by atoms with Crippen LogP contribution in [0, 0.1) is 5.82 Å². The van der Waals surface area contributed by atoms with Crippen molar-refractivity contribution in [2.45, 2.75) is 37.5 Å². The van der Waals surface area contributed by atoms with E-state index in [9.17, 15) is 14.0 Å². The zero-order valence-electron chi connectivity index (χ0n) is 15.9. The van der Waals surface area contributed by atoms with Crippen molar-refractivity contribution in [1.29, 1.82) is 0 Å². The molecule has 2 heterocycles. The Bertz CT molecular complexity index is 894. The summed E-state index contributed by atoms with van der Waals surface area (Å²) in [6.07, 6.45) is 0.0597. The van der Waals surface area contributed by atoms with Gasteiger partial charge in [-0.05, 0) is 48.1 Å². The molecular formula is C22H23FN2O4. The summed E-state index contributed by atoms with van der Waals surface area (Å²) in [6, 6.07) is 13.7. The predicted octanol–water partition coefficient (Wildman–Crippen LogP) is 3.12. The van der Waals surface area contributed by atoms with E-state index in [2.05, 4.69) is 11.4 Å². The molecule has 29 heavy (non-hydrogen) atoms. The monoisotopic (exact) mass is 398 g/mol. The summed E-state index contributed by atoms with van der Waals surface area (Å²) in [7, 11) is 0. The summed E-state index contributed by atoms with van der Waals surface area (Å²) in [4.78, 5) is 25.9. The molecule has 0 bridgehead atoms. The molecular weight excluding hydrogens is 375 g/mol. The maximum absolute atomic E-state index is 13.5. The highest BCUT2D eigenvalue weighted by Gasteiger charge is 2.37. The summed E-state index contributed by atoms with van der Waals surface area (Å²) < 4.78 is 19.2. The number of fused-ring (bicyclic) bond motifs is 1. The van der Waals surface area contributed by atoms with Crippen molar-refractivity contribution in [3.05, 3.63) is 71.0 Å². The molecule has 6 nitrogen and oxygen atoms in total. The fraction of sp³-hybridized carbons (Fsp3) is 0.364. The molecule has 7 heteroatoms. The second kappa shape index (κ2) is 8.21. The highest BCUT2D eigenvalue weighted by atomic mass is 19.1. The number of halogens is 1. The Hall–Kier alpha value is -2.93. The number of nitrogens with zero attached hydrogens (tertiary/aromatic N) is 1. The zero-order chi connectivity index (χ0) is 20.4. The third-order valence-electron chi connectivity index (χ3n) is 5.63. The van der Waals surface area contributed by atoms with Crippen LogP contribution in [0.2, 0.25) is 0 Å². The van der Waals surface area contributed by atoms with Gasteiger partial charge in [-0.15, -0.1) is 0 Å². The van der Waals surface area contributed by atoms with E-state index in [1.807, 2.05) is 23.1 Å². The van der Waals surface area contributed by atoms with Gasteiger partial charge in [-0.2, -0.15) is 0 Å². The van der Waals surface area contributed by atoms with Gasteiger partial charge in [-0.3, -0.25) is 4.79 Å². The average Bonchev–Trinajstić information content (AvgIpc) is 2.73. The molecule has 0 aromatic heterocycles. The van der Waals surface area contributed by atoms with E-state index in [1.165, 1.54) is 17.7 Å². The van der Waals surface area contributed by atoms with Crippen LogP contribution in [0.1, 0.15) is 35.6 Å². The van der Waals surface area contributed by atoms with Crippen LogP contribution < -0.4 is 5.32 Å². The molecule has 1 saturated heterocycles. The van der Waals surface area contributed by atoms with Crippen LogP contribution in [0.25, 0.3) is 0 Å². The first-order valence-corrected chi connectivity index (χ1v) is 9.77. The first-order valence-electron chi connectivity index (χ1n) is 9.77.